The number of aliphatic hydroxyl groups is 1. The van der Waals surface area contributed by atoms with E-state index in [0.717, 1.165) is 10.4 Å². The highest BCUT2D eigenvalue weighted by Gasteiger charge is 2.39. The van der Waals surface area contributed by atoms with E-state index in [4.69, 9.17) is 11.6 Å². The molecule has 1 aromatic rings. The van der Waals surface area contributed by atoms with Gasteiger partial charge in [0.25, 0.3) is 5.69 Å². The van der Waals surface area contributed by atoms with Crippen molar-refractivity contribution in [2.75, 3.05) is 13.1 Å². The molecule has 7 nitrogen and oxygen atoms in total. The summed E-state index contributed by atoms with van der Waals surface area (Å²) in [7, 11) is -3.92. The number of benzene rings is 1. The standard InChI is InChI=1S/C12H15ClN2O5S/c1-8-10(13)5-9(6-11(8)15(17)18)21(19,20)14-4-3-12(2,16)7-14/h5-6,16H,3-4,7H2,1-2H3. The van der Waals surface area contributed by atoms with Gasteiger partial charge in [-0.3, -0.25) is 10.1 Å². The van der Waals surface area contributed by atoms with E-state index in [9.17, 15) is 23.6 Å². The molecular weight excluding hydrogens is 320 g/mol. The summed E-state index contributed by atoms with van der Waals surface area (Å²) >= 11 is 5.90. The number of sulfonamides is 1. The van der Waals surface area contributed by atoms with Gasteiger partial charge < -0.3 is 5.11 Å². The molecule has 1 atom stereocenters. The topological polar surface area (TPSA) is 101 Å². The third-order valence-electron chi connectivity index (χ3n) is 3.54. The Morgan fingerprint density at radius 3 is 2.57 bits per heavy atom. The molecule has 1 fully saturated rings. The molecule has 116 valence electrons. The molecule has 0 bridgehead atoms. The van der Waals surface area contributed by atoms with Crippen LogP contribution in [0.25, 0.3) is 0 Å². The molecule has 2 rings (SSSR count). The van der Waals surface area contributed by atoms with Gasteiger partial charge in [0.15, 0.2) is 0 Å². The normalized spacial score (nSPS) is 23.4. The van der Waals surface area contributed by atoms with Gasteiger partial charge in [0, 0.05) is 24.7 Å². The highest BCUT2D eigenvalue weighted by atomic mass is 35.5. The lowest BCUT2D eigenvalue weighted by Gasteiger charge is -2.19. The van der Waals surface area contributed by atoms with Crippen LogP contribution in [0, 0.1) is 17.0 Å². The zero-order valence-electron chi connectivity index (χ0n) is 11.5. The van der Waals surface area contributed by atoms with Crippen LogP contribution < -0.4 is 0 Å². The van der Waals surface area contributed by atoms with Crippen LogP contribution in [-0.2, 0) is 10.0 Å². The SMILES string of the molecule is Cc1c(Cl)cc(S(=O)(=O)N2CCC(C)(O)C2)cc1[N+](=O)[O-]. The Hall–Kier alpha value is -1.22. The molecule has 1 saturated heterocycles. The van der Waals surface area contributed by atoms with Crippen molar-refractivity contribution in [3.63, 3.8) is 0 Å². The quantitative estimate of drug-likeness (QED) is 0.669. The Balaban J connectivity index is 2.49. The fraction of sp³-hybridized carbons (Fsp3) is 0.500. The van der Waals surface area contributed by atoms with Crippen molar-refractivity contribution in [2.45, 2.75) is 30.8 Å². The highest BCUT2D eigenvalue weighted by Crippen LogP contribution is 2.33. The first-order valence-electron chi connectivity index (χ1n) is 6.22. The van der Waals surface area contributed by atoms with Crippen molar-refractivity contribution in [3.05, 3.63) is 32.8 Å². The molecule has 0 radical (unpaired) electrons. The van der Waals surface area contributed by atoms with E-state index in [-0.39, 0.29) is 34.3 Å². The number of nitro groups is 1. The summed E-state index contributed by atoms with van der Waals surface area (Å²) in [4.78, 5) is 10.1. The molecule has 0 aliphatic carbocycles. The summed E-state index contributed by atoms with van der Waals surface area (Å²) < 4.78 is 26.1. The summed E-state index contributed by atoms with van der Waals surface area (Å²) in [5.74, 6) is 0. The molecule has 0 saturated carbocycles. The summed E-state index contributed by atoms with van der Waals surface area (Å²) in [6.45, 7) is 3.12. The third-order valence-corrected chi connectivity index (χ3v) is 5.76. The molecule has 1 aliphatic rings. The van der Waals surface area contributed by atoms with Gasteiger partial charge in [-0.25, -0.2) is 8.42 Å². The minimum absolute atomic E-state index is 0.0220. The van der Waals surface area contributed by atoms with Gasteiger partial charge in [0.2, 0.25) is 10.0 Å². The van der Waals surface area contributed by atoms with Crippen LogP contribution in [-0.4, -0.2) is 41.4 Å². The smallest absolute Gasteiger partial charge is 0.275 e. The van der Waals surface area contributed by atoms with Crippen molar-refractivity contribution in [1.82, 2.24) is 4.31 Å². The number of hydrogen-bond acceptors (Lipinski definition) is 5. The second-order valence-electron chi connectivity index (χ2n) is 5.39. The number of hydrogen-bond donors (Lipinski definition) is 1. The molecule has 9 heteroatoms. The molecule has 0 spiro atoms. The van der Waals surface area contributed by atoms with E-state index in [1.54, 1.807) is 6.92 Å². The van der Waals surface area contributed by atoms with Crippen LogP contribution in [0.15, 0.2) is 17.0 Å². The third kappa shape index (κ3) is 3.03. The zero-order valence-corrected chi connectivity index (χ0v) is 13.1. The maximum Gasteiger partial charge on any atom is 0.275 e. The van der Waals surface area contributed by atoms with E-state index < -0.39 is 20.5 Å². The Bertz CT molecular complexity index is 702. The van der Waals surface area contributed by atoms with Gasteiger partial charge >= 0.3 is 0 Å². The van der Waals surface area contributed by atoms with Crippen molar-refractivity contribution >= 4 is 27.3 Å². The first-order chi connectivity index (χ1) is 9.54. The largest absolute Gasteiger partial charge is 0.389 e. The van der Waals surface area contributed by atoms with Crippen molar-refractivity contribution in [2.24, 2.45) is 0 Å². The molecule has 1 unspecified atom stereocenters. The lowest BCUT2D eigenvalue weighted by atomic mass is 10.1. The predicted molar refractivity (Wildman–Crippen MR) is 76.8 cm³/mol. The average Bonchev–Trinajstić information content (AvgIpc) is 2.73. The number of halogens is 1. The maximum atomic E-state index is 12.5. The molecule has 21 heavy (non-hydrogen) atoms. The van der Waals surface area contributed by atoms with Crippen LogP contribution in [0.3, 0.4) is 0 Å². The van der Waals surface area contributed by atoms with Crippen LogP contribution in [0.2, 0.25) is 5.02 Å². The number of rotatable bonds is 3. The van der Waals surface area contributed by atoms with Crippen LogP contribution >= 0.6 is 11.6 Å². The maximum absolute atomic E-state index is 12.5. The first kappa shape index (κ1) is 16.2. The Labute approximate surface area is 127 Å². The summed E-state index contributed by atoms with van der Waals surface area (Å²) in [6.07, 6.45) is 0.313. The Morgan fingerprint density at radius 2 is 2.10 bits per heavy atom. The van der Waals surface area contributed by atoms with Crippen LogP contribution in [0.1, 0.15) is 18.9 Å². The van der Waals surface area contributed by atoms with Gasteiger partial charge in [0.05, 0.1) is 20.4 Å². The second kappa shape index (κ2) is 5.20. The van der Waals surface area contributed by atoms with Gasteiger partial charge in [-0.2, -0.15) is 4.31 Å². The molecular formula is C12H15ClN2O5S. The van der Waals surface area contributed by atoms with Crippen LogP contribution in [0.4, 0.5) is 5.69 Å². The Kier molecular flexibility index (Phi) is 4.00. The van der Waals surface area contributed by atoms with E-state index in [0.29, 0.717) is 6.42 Å². The highest BCUT2D eigenvalue weighted by molar-refractivity contribution is 7.89. The fourth-order valence-electron chi connectivity index (χ4n) is 2.24. The fourth-order valence-corrected chi connectivity index (χ4v) is 4.12. The minimum Gasteiger partial charge on any atom is -0.389 e. The van der Waals surface area contributed by atoms with Gasteiger partial charge in [-0.1, -0.05) is 11.6 Å². The molecule has 1 aliphatic heterocycles. The van der Waals surface area contributed by atoms with E-state index >= 15 is 0 Å². The molecule has 1 N–H and O–H groups in total. The molecule has 0 aromatic heterocycles. The Morgan fingerprint density at radius 1 is 1.48 bits per heavy atom. The lowest BCUT2D eigenvalue weighted by Crippen LogP contribution is -2.34. The van der Waals surface area contributed by atoms with E-state index in [1.165, 1.54) is 13.0 Å². The second-order valence-corrected chi connectivity index (χ2v) is 7.74. The predicted octanol–water partition coefficient (Wildman–Crippen LogP) is 1.70. The van der Waals surface area contributed by atoms with Crippen molar-refractivity contribution in [3.8, 4) is 0 Å². The van der Waals surface area contributed by atoms with Crippen LogP contribution in [0.5, 0.6) is 0 Å². The summed E-state index contributed by atoms with van der Waals surface area (Å²) in [5, 5.41) is 20.9. The van der Waals surface area contributed by atoms with Crippen molar-refractivity contribution < 1.29 is 18.4 Å². The lowest BCUT2D eigenvalue weighted by molar-refractivity contribution is -0.385. The van der Waals surface area contributed by atoms with Gasteiger partial charge in [-0.05, 0) is 26.3 Å². The van der Waals surface area contributed by atoms with Gasteiger partial charge in [0.1, 0.15) is 0 Å². The van der Waals surface area contributed by atoms with Crippen molar-refractivity contribution in [1.29, 1.82) is 0 Å². The first-order valence-corrected chi connectivity index (χ1v) is 8.03. The minimum atomic E-state index is -3.92. The van der Waals surface area contributed by atoms with E-state index in [2.05, 4.69) is 0 Å². The van der Waals surface area contributed by atoms with E-state index in [1.807, 2.05) is 0 Å². The zero-order chi connectivity index (χ0) is 16.0. The number of nitrogens with zero attached hydrogens (tertiary/aromatic N) is 2. The molecule has 1 aromatic carbocycles. The number of nitro benzene ring substituents is 1. The molecule has 1 heterocycles. The van der Waals surface area contributed by atoms with Gasteiger partial charge in [-0.15, -0.1) is 0 Å². The number of β-amino-alcohol motifs (C(OH)–C–C–N with tert-alkyl or cyclic N) is 1. The monoisotopic (exact) mass is 334 g/mol. The molecule has 0 amide bonds. The summed E-state index contributed by atoms with van der Waals surface area (Å²) in [6, 6.07) is 2.20. The summed E-state index contributed by atoms with van der Waals surface area (Å²) in [5.41, 5.74) is -1.21. The average molecular weight is 335 g/mol.